The second-order valence-electron chi connectivity index (χ2n) is 7.93. The third-order valence-corrected chi connectivity index (χ3v) is 4.48. The summed E-state index contributed by atoms with van der Waals surface area (Å²) in [5, 5.41) is 0. The molecule has 1 aromatic rings. The number of rotatable bonds is 5. The fourth-order valence-corrected chi connectivity index (χ4v) is 3.26. The average Bonchev–Trinajstić information content (AvgIpc) is 2.64. The van der Waals surface area contributed by atoms with Crippen molar-refractivity contribution in [2.75, 3.05) is 26.3 Å². The molecule has 0 radical (unpaired) electrons. The quantitative estimate of drug-likeness (QED) is 0.689. The number of hydrogen-bond acceptors (Lipinski definition) is 7. The maximum Gasteiger partial charge on any atom is 0.410 e. The summed E-state index contributed by atoms with van der Waals surface area (Å²) < 4.78 is 17.3. The highest BCUT2D eigenvalue weighted by Gasteiger charge is 2.32. The van der Waals surface area contributed by atoms with E-state index in [-0.39, 0.29) is 30.6 Å². The molecule has 1 amide bonds. The molecule has 2 rings (SSSR count). The molecule has 1 aliphatic heterocycles. The van der Waals surface area contributed by atoms with Crippen LogP contribution in [0.2, 0.25) is 0 Å². The van der Waals surface area contributed by atoms with Crippen LogP contribution in [0.25, 0.3) is 0 Å². The maximum atomic E-state index is 12.8. The molecular formula is C20H31N3O6. The van der Waals surface area contributed by atoms with E-state index in [0.29, 0.717) is 18.9 Å². The topological polar surface area (TPSA) is 100.0 Å². The molecule has 1 aromatic heterocycles. The summed E-state index contributed by atoms with van der Waals surface area (Å²) >= 11 is 0. The van der Waals surface area contributed by atoms with E-state index in [2.05, 4.69) is 4.98 Å². The fourth-order valence-electron chi connectivity index (χ4n) is 3.26. The van der Waals surface area contributed by atoms with Gasteiger partial charge in [0.05, 0.1) is 13.2 Å². The molecule has 0 saturated carbocycles. The van der Waals surface area contributed by atoms with Crippen LogP contribution in [0.1, 0.15) is 69.7 Å². The number of likely N-dealkylation sites (tertiary alicyclic amines) is 1. The van der Waals surface area contributed by atoms with Gasteiger partial charge in [0.15, 0.2) is 5.69 Å². The number of amides is 1. The third kappa shape index (κ3) is 5.48. The lowest BCUT2D eigenvalue weighted by molar-refractivity contribution is 0.0193. The minimum absolute atomic E-state index is 0.114. The molecule has 1 saturated heterocycles. The Bertz CT molecular complexity index is 812. The summed E-state index contributed by atoms with van der Waals surface area (Å²) in [6, 6.07) is 0. The van der Waals surface area contributed by atoms with Gasteiger partial charge in [-0.2, -0.15) is 0 Å². The lowest BCUT2D eigenvalue weighted by Crippen LogP contribution is -2.43. The van der Waals surface area contributed by atoms with Crippen LogP contribution in [0.3, 0.4) is 0 Å². The number of piperidine rings is 1. The highest BCUT2D eigenvalue weighted by Crippen LogP contribution is 2.27. The van der Waals surface area contributed by atoms with E-state index in [0.717, 1.165) is 12.8 Å². The first-order valence-corrected chi connectivity index (χ1v) is 9.97. The molecule has 1 atom stereocenters. The summed E-state index contributed by atoms with van der Waals surface area (Å²) in [6.07, 6.45) is 1.07. The summed E-state index contributed by atoms with van der Waals surface area (Å²) in [6.45, 7) is 10.2. The van der Waals surface area contributed by atoms with Crippen LogP contribution in [0, 0.1) is 0 Å². The predicted octanol–water partition coefficient (Wildman–Crippen LogP) is 2.47. The highest BCUT2D eigenvalue weighted by atomic mass is 16.6. The molecule has 0 bridgehead atoms. The Hall–Kier alpha value is -2.58. The zero-order valence-electron chi connectivity index (χ0n) is 18.1. The lowest BCUT2D eigenvalue weighted by atomic mass is 9.97. The average molecular weight is 409 g/mol. The largest absolute Gasteiger partial charge is 0.486 e. The zero-order valence-corrected chi connectivity index (χ0v) is 18.1. The van der Waals surface area contributed by atoms with Crippen LogP contribution in [0.5, 0.6) is 5.75 Å². The van der Waals surface area contributed by atoms with E-state index < -0.39 is 23.2 Å². The van der Waals surface area contributed by atoms with E-state index in [1.54, 1.807) is 25.8 Å². The SMILES string of the molecule is CCOC(=O)c1nc(C2CCCN(C(=O)OC(C)(C)C)C2)n(C)c(=O)c1OCC. The molecule has 0 aromatic carbocycles. The van der Waals surface area contributed by atoms with Crippen molar-refractivity contribution in [2.45, 2.75) is 59.0 Å². The normalized spacial score (nSPS) is 17.0. The van der Waals surface area contributed by atoms with Crippen molar-refractivity contribution in [1.29, 1.82) is 0 Å². The van der Waals surface area contributed by atoms with Crippen molar-refractivity contribution in [2.24, 2.45) is 7.05 Å². The van der Waals surface area contributed by atoms with Crippen molar-refractivity contribution < 1.29 is 23.8 Å². The molecule has 1 aliphatic rings. The van der Waals surface area contributed by atoms with Gasteiger partial charge in [-0.3, -0.25) is 9.36 Å². The summed E-state index contributed by atoms with van der Waals surface area (Å²) in [5.74, 6) is -0.598. The van der Waals surface area contributed by atoms with Gasteiger partial charge in [0, 0.05) is 26.1 Å². The van der Waals surface area contributed by atoms with Gasteiger partial charge in [-0.1, -0.05) is 0 Å². The number of aromatic nitrogens is 2. The van der Waals surface area contributed by atoms with Gasteiger partial charge >= 0.3 is 12.1 Å². The van der Waals surface area contributed by atoms with E-state index in [1.165, 1.54) is 4.57 Å². The molecule has 2 heterocycles. The standard InChI is InChI=1S/C20H31N3O6/c1-7-27-15-14(18(25)28-8-2)21-16(22(6)17(15)24)13-10-9-11-23(12-13)19(26)29-20(3,4)5/h13H,7-12H2,1-6H3. The molecule has 1 fully saturated rings. The van der Waals surface area contributed by atoms with Crippen LogP contribution in [-0.2, 0) is 16.5 Å². The monoisotopic (exact) mass is 409 g/mol. The van der Waals surface area contributed by atoms with Gasteiger partial charge < -0.3 is 19.1 Å². The van der Waals surface area contributed by atoms with Crippen LogP contribution >= 0.6 is 0 Å². The molecule has 162 valence electrons. The number of carbonyl (C=O) groups is 2. The van der Waals surface area contributed by atoms with Crippen LogP contribution in [0.15, 0.2) is 4.79 Å². The Balaban J connectivity index is 2.39. The van der Waals surface area contributed by atoms with Gasteiger partial charge in [-0.05, 0) is 47.5 Å². The van der Waals surface area contributed by atoms with Crippen molar-refractivity contribution in [3.8, 4) is 5.75 Å². The summed E-state index contributed by atoms with van der Waals surface area (Å²) in [7, 11) is 1.59. The van der Waals surface area contributed by atoms with Gasteiger partial charge in [-0.25, -0.2) is 14.6 Å². The number of hydrogen-bond donors (Lipinski definition) is 0. The Kier molecular flexibility index (Phi) is 7.26. The third-order valence-electron chi connectivity index (χ3n) is 4.48. The molecular weight excluding hydrogens is 378 g/mol. The van der Waals surface area contributed by atoms with E-state index >= 15 is 0 Å². The molecule has 0 N–H and O–H groups in total. The molecule has 1 unspecified atom stereocenters. The molecule has 0 aliphatic carbocycles. The maximum absolute atomic E-state index is 12.8. The molecule has 9 nitrogen and oxygen atoms in total. The van der Waals surface area contributed by atoms with Gasteiger partial charge in [-0.15, -0.1) is 0 Å². The second kappa shape index (κ2) is 9.28. The zero-order chi connectivity index (χ0) is 21.8. The van der Waals surface area contributed by atoms with Gasteiger partial charge in [0.25, 0.3) is 5.56 Å². The summed E-state index contributed by atoms with van der Waals surface area (Å²) in [5.41, 5.74) is -1.17. The molecule has 29 heavy (non-hydrogen) atoms. The Labute approximate surface area is 170 Å². The van der Waals surface area contributed by atoms with E-state index in [1.807, 2.05) is 20.8 Å². The van der Waals surface area contributed by atoms with E-state index in [9.17, 15) is 14.4 Å². The Morgan fingerprint density at radius 3 is 2.48 bits per heavy atom. The van der Waals surface area contributed by atoms with Crippen LogP contribution < -0.4 is 10.3 Å². The fraction of sp³-hybridized carbons (Fsp3) is 0.700. The van der Waals surface area contributed by atoms with Crippen molar-refractivity contribution in [1.82, 2.24) is 14.5 Å². The van der Waals surface area contributed by atoms with Crippen molar-refractivity contribution >= 4 is 12.1 Å². The Morgan fingerprint density at radius 2 is 1.90 bits per heavy atom. The smallest absolute Gasteiger partial charge is 0.410 e. The van der Waals surface area contributed by atoms with E-state index in [4.69, 9.17) is 14.2 Å². The molecule has 9 heteroatoms. The number of ether oxygens (including phenoxy) is 3. The first kappa shape index (κ1) is 22.7. The first-order valence-electron chi connectivity index (χ1n) is 9.97. The number of nitrogens with zero attached hydrogens (tertiary/aromatic N) is 3. The van der Waals surface area contributed by atoms with Gasteiger partial charge in [0.1, 0.15) is 11.4 Å². The first-order chi connectivity index (χ1) is 13.6. The molecule has 0 spiro atoms. The number of carbonyl (C=O) groups excluding carboxylic acids is 2. The highest BCUT2D eigenvalue weighted by molar-refractivity contribution is 5.90. The minimum atomic E-state index is -0.699. The predicted molar refractivity (Wildman–Crippen MR) is 106 cm³/mol. The lowest BCUT2D eigenvalue weighted by Gasteiger charge is -2.34. The summed E-state index contributed by atoms with van der Waals surface area (Å²) in [4.78, 5) is 43.7. The number of esters is 1. The van der Waals surface area contributed by atoms with Crippen molar-refractivity contribution in [3.63, 3.8) is 0 Å². The van der Waals surface area contributed by atoms with Crippen LogP contribution in [-0.4, -0.2) is 58.4 Å². The van der Waals surface area contributed by atoms with Crippen molar-refractivity contribution in [3.05, 3.63) is 21.9 Å². The second-order valence-corrected chi connectivity index (χ2v) is 7.93. The van der Waals surface area contributed by atoms with Gasteiger partial charge in [0.2, 0.25) is 5.75 Å². The van der Waals surface area contributed by atoms with Crippen LogP contribution in [0.4, 0.5) is 4.79 Å². The minimum Gasteiger partial charge on any atom is -0.486 e. The Morgan fingerprint density at radius 1 is 1.21 bits per heavy atom.